The van der Waals surface area contributed by atoms with E-state index in [9.17, 15) is 4.79 Å². The second-order valence-electron chi connectivity index (χ2n) is 3.32. The molecule has 0 heterocycles. The lowest BCUT2D eigenvalue weighted by Crippen LogP contribution is -2.39. The van der Waals surface area contributed by atoms with Crippen molar-refractivity contribution in [2.45, 2.75) is 33.3 Å². The smallest absolute Gasteiger partial charge is 0.410 e. The van der Waals surface area contributed by atoms with Gasteiger partial charge in [0.05, 0.1) is 17.6 Å². The molecule has 0 fully saturated rings. The molecule has 0 aromatic carbocycles. The molecule has 5 heteroatoms. The van der Waals surface area contributed by atoms with Gasteiger partial charge >= 0.3 is 6.09 Å². The molecule has 0 atom stereocenters. The zero-order valence-corrected chi connectivity index (χ0v) is 9.76. The van der Waals surface area contributed by atoms with E-state index < -0.39 is 0 Å². The molecule has 0 spiro atoms. The molecule has 0 saturated carbocycles. The fourth-order valence-corrected chi connectivity index (χ4v) is 1.12. The lowest BCUT2D eigenvalue weighted by atomic mass is 10.4. The van der Waals surface area contributed by atoms with E-state index in [1.54, 1.807) is 0 Å². The van der Waals surface area contributed by atoms with Crippen LogP contribution in [0.15, 0.2) is 0 Å². The Hall–Kier alpha value is -0.840. The highest BCUT2D eigenvalue weighted by Crippen LogP contribution is 1.99. The van der Waals surface area contributed by atoms with Crippen molar-refractivity contribution in [3.05, 3.63) is 0 Å². The van der Waals surface area contributed by atoms with Crippen molar-refractivity contribution >= 4 is 23.3 Å². The van der Waals surface area contributed by atoms with E-state index in [1.807, 2.05) is 20.8 Å². The summed E-state index contributed by atoms with van der Waals surface area (Å²) in [5, 5.41) is 0. The lowest BCUT2D eigenvalue weighted by Gasteiger charge is -2.22. The van der Waals surface area contributed by atoms with Crippen LogP contribution in [0.25, 0.3) is 0 Å². The van der Waals surface area contributed by atoms with Crippen LogP contribution in [-0.4, -0.2) is 35.2 Å². The molecule has 0 saturated heterocycles. The Morgan fingerprint density at radius 1 is 1.57 bits per heavy atom. The summed E-state index contributed by atoms with van der Waals surface area (Å²) in [6, 6.07) is 0. The summed E-state index contributed by atoms with van der Waals surface area (Å²) in [4.78, 5) is 13.3. The quantitative estimate of drug-likeness (QED) is 0.711. The van der Waals surface area contributed by atoms with Gasteiger partial charge in [-0.05, 0) is 20.3 Å². The molecule has 0 aliphatic rings. The third-order valence-corrected chi connectivity index (χ3v) is 1.56. The van der Waals surface area contributed by atoms with Crippen molar-refractivity contribution in [1.82, 2.24) is 4.90 Å². The largest absolute Gasteiger partial charge is 0.447 e. The highest BCUT2D eigenvalue weighted by molar-refractivity contribution is 7.80. The summed E-state index contributed by atoms with van der Waals surface area (Å²) in [5.74, 6) is 0. The van der Waals surface area contributed by atoms with E-state index in [0.29, 0.717) is 11.5 Å². The first-order valence-electron chi connectivity index (χ1n) is 4.71. The normalized spacial score (nSPS) is 10.0. The van der Waals surface area contributed by atoms with E-state index >= 15 is 0 Å². The molecule has 0 aliphatic heterocycles. The van der Waals surface area contributed by atoms with Gasteiger partial charge in [-0.25, -0.2) is 4.79 Å². The fraction of sp³-hybridized carbons (Fsp3) is 0.778. The Labute approximate surface area is 90.4 Å². The van der Waals surface area contributed by atoms with E-state index in [0.717, 1.165) is 6.42 Å². The minimum Gasteiger partial charge on any atom is -0.447 e. The summed E-state index contributed by atoms with van der Waals surface area (Å²) in [6.07, 6.45) is 0.387. The summed E-state index contributed by atoms with van der Waals surface area (Å²) in [7, 11) is 0. The molecular weight excluding hydrogens is 200 g/mol. The third kappa shape index (κ3) is 5.75. The Kier molecular flexibility index (Phi) is 6.19. The van der Waals surface area contributed by atoms with Crippen LogP contribution in [0.1, 0.15) is 27.2 Å². The minimum absolute atomic E-state index is 0.117. The van der Waals surface area contributed by atoms with E-state index in [2.05, 4.69) is 0 Å². The first-order valence-corrected chi connectivity index (χ1v) is 5.12. The number of carbonyl (C=O) groups is 1. The van der Waals surface area contributed by atoms with Crippen LogP contribution in [0.4, 0.5) is 4.79 Å². The standard InChI is InChI=1S/C9H18N2O2S/c1-4-5-11(6-8(10)14)9(12)13-7(2)3/h7H,4-6H2,1-3H3,(H2,10,14). The Balaban J connectivity index is 4.17. The first kappa shape index (κ1) is 13.2. The molecule has 1 amide bonds. The van der Waals surface area contributed by atoms with Crippen LogP contribution in [-0.2, 0) is 4.74 Å². The second-order valence-corrected chi connectivity index (χ2v) is 3.84. The molecule has 0 aromatic heterocycles. The zero-order valence-electron chi connectivity index (χ0n) is 8.95. The highest BCUT2D eigenvalue weighted by atomic mass is 32.1. The predicted molar refractivity (Wildman–Crippen MR) is 60.3 cm³/mol. The summed E-state index contributed by atoms with van der Waals surface area (Å²) < 4.78 is 5.04. The van der Waals surface area contributed by atoms with Crippen molar-refractivity contribution < 1.29 is 9.53 Å². The third-order valence-electron chi connectivity index (χ3n) is 1.43. The SMILES string of the molecule is CCCN(CC(N)=S)C(=O)OC(C)C. The number of hydrogen-bond donors (Lipinski definition) is 1. The van der Waals surface area contributed by atoms with Crippen LogP contribution < -0.4 is 5.73 Å². The molecule has 82 valence electrons. The number of thiocarbonyl (C=S) groups is 1. The van der Waals surface area contributed by atoms with E-state index in [-0.39, 0.29) is 18.7 Å². The van der Waals surface area contributed by atoms with Crippen molar-refractivity contribution in [3.63, 3.8) is 0 Å². The predicted octanol–water partition coefficient (Wildman–Crippen LogP) is 1.53. The summed E-state index contributed by atoms with van der Waals surface area (Å²) in [5.41, 5.74) is 5.37. The van der Waals surface area contributed by atoms with Gasteiger partial charge in [0.25, 0.3) is 0 Å². The van der Waals surface area contributed by atoms with Gasteiger partial charge in [-0.1, -0.05) is 19.1 Å². The number of ether oxygens (including phenoxy) is 1. The maximum absolute atomic E-state index is 11.5. The number of hydrogen-bond acceptors (Lipinski definition) is 3. The first-order chi connectivity index (χ1) is 6.47. The fourth-order valence-electron chi connectivity index (χ4n) is 0.969. The minimum atomic E-state index is -0.352. The number of nitrogens with two attached hydrogens (primary N) is 1. The van der Waals surface area contributed by atoms with Gasteiger partial charge in [0.2, 0.25) is 0 Å². The molecular formula is C9H18N2O2S. The average molecular weight is 218 g/mol. The molecule has 2 N–H and O–H groups in total. The molecule has 0 radical (unpaired) electrons. The monoisotopic (exact) mass is 218 g/mol. The molecule has 0 unspecified atom stereocenters. The molecule has 0 aliphatic carbocycles. The number of nitrogens with zero attached hydrogens (tertiary/aromatic N) is 1. The van der Waals surface area contributed by atoms with Crippen molar-refractivity contribution in [1.29, 1.82) is 0 Å². The van der Waals surface area contributed by atoms with Crippen LogP contribution in [0.2, 0.25) is 0 Å². The average Bonchev–Trinajstić information content (AvgIpc) is 2.01. The summed E-state index contributed by atoms with van der Waals surface area (Å²) >= 11 is 4.75. The van der Waals surface area contributed by atoms with Crippen molar-refractivity contribution in [2.75, 3.05) is 13.1 Å². The van der Waals surface area contributed by atoms with Crippen molar-refractivity contribution in [3.8, 4) is 0 Å². The topological polar surface area (TPSA) is 55.6 Å². The number of carbonyl (C=O) groups excluding carboxylic acids is 1. The van der Waals surface area contributed by atoms with Crippen LogP contribution in [0.5, 0.6) is 0 Å². The second kappa shape index (κ2) is 6.59. The summed E-state index contributed by atoms with van der Waals surface area (Å²) in [6.45, 7) is 6.50. The van der Waals surface area contributed by atoms with Gasteiger partial charge in [-0.2, -0.15) is 0 Å². The number of rotatable bonds is 5. The maximum Gasteiger partial charge on any atom is 0.410 e. The Morgan fingerprint density at radius 3 is 2.50 bits per heavy atom. The Bertz CT molecular complexity index is 207. The maximum atomic E-state index is 11.5. The van der Waals surface area contributed by atoms with Crippen LogP contribution in [0, 0.1) is 0 Å². The van der Waals surface area contributed by atoms with Gasteiger partial charge in [-0.3, -0.25) is 0 Å². The molecule has 0 aromatic rings. The highest BCUT2D eigenvalue weighted by Gasteiger charge is 2.15. The molecule has 4 nitrogen and oxygen atoms in total. The van der Waals surface area contributed by atoms with Gasteiger partial charge in [0.1, 0.15) is 0 Å². The van der Waals surface area contributed by atoms with E-state index in [4.69, 9.17) is 22.7 Å². The van der Waals surface area contributed by atoms with Gasteiger partial charge in [0, 0.05) is 6.54 Å². The van der Waals surface area contributed by atoms with Crippen LogP contribution in [0.3, 0.4) is 0 Å². The zero-order chi connectivity index (χ0) is 11.1. The lowest BCUT2D eigenvalue weighted by molar-refractivity contribution is 0.0812. The molecule has 0 rings (SSSR count). The van der Waals surface area contributed by atoms with Gasteiger partial charge in [-0.15, -0.1) is 0 Å². The molecule has 14 heavy (non-hydrogen) atoms. The van der Waals surface area contributed by atoms with Crippen LogP contribution >= 0.6 is 12.2 Å². The van der Waals surface area contributed by atoms with Gasteiger partial charge < -0.3 is 15.4 Å². The Morgan fingerprint density at radius 2 is 2.14 bits per heavy atom. The molecule has 0 bridgehead atoms. The van der Waals surface area contributed by atoms with Crippen molar-refractivity contribution in [2.24, 2.45) is 5.73 Å². The number of amides is 1. The van der Waals surface area contributed by atoms with Gasteiger partial charge in [0.15, 0.2) is 0 Å². The van der Waals surface area contributed by atoms with E-state index in [1.165, 1.54) is 4.90 Å².